The Morgan fingerprint density at radius 3 is 1.94 bits per heavy atom. The highest BCUT2D eigenvalue weighted by atomic mass is 79.9. The molecule has 0 spiro atoms. The molecule has 0 bridgehead atoms. The normalized spacial score (nSPS) is 28.0. The van der Waals surface area contributed by atoms with Gasteiger partial charge in [0.1, 0.15) is 59.4 Å². The summed E-state index contributed by atoms with van der Waals surface area (Å²) in [6, 6.07) is 12.8. The molecule has 64 heavy (non-hydrogen) atoms. The lowest BCUT2D eigenvalue weighted by Gasteiger charge is -2.38. The summed E-state index contributed by atoms with van der Waals surface area (Å²) in [5, 5.41) is 37.2. The Balaban J connectivity index is 0.000000227. The van der Waals surface area contributed by atoms with Gasteiger partial charge in [0.05, 0.1) is 32.3 Å². The van der Waals surface area contributed by atoms with Crippen molar-refractivity contribution in [2.75, 3.05) is 27.4 Å². The third-order valence-corrected chi connectivity index (χ3v) is 11.4. The van der Waals surface area contributed by atoms with Gasteiger partial charge in [-0.3, -0.25) is 14.7 Å². The monoisotopic (exact) mass is 990 g/mol. The van der Waals surface area contributed by atoms with Gasteiger partial charge in [-0.25, -0.2) is 14.2 Å². The number of hydrazone groups is 1. The first kappa shape index (κ1) is 52.0. The molecular weight excluding hydrogens is 944 g/mol. The molecule has 2 saturated heterocycles. The van der Waals surface area contributed by atoms with Crippen LogP contribution in [0.25, 0.3) is 0 Å². The number of amides is 1. The number of carbonyl (C=O) groups is 2. The molecule has 24 heteroatoms. The molecule has 1 aromatic heterocycles. The van der Waals surface area contributed by atoms with Crippen LogP contribution < -0.4 is 19.6 Å². The lowest BCUT2D eigenvalue weighted by molar-refractivity contribution is -0.265. The van der Waals surface area contributed by atoms with Crippen molar-refractivity contribution in [1.29, 1.82) is 0 Å². The van der Waals surface area contributed by atoms with Gasteiger partial charge in [0, 0.05) is 13.3 Å². The van der Waals surface area contributed by atoms with Crippen molar-refractivity contribution in [1.82, 2.24) is 15.6 Å². The Morgan fingerprint density at radius 1 is 0.844 bits per heavy atom. The minimum atomic E-state index is -4.78. The molecule has 0 radical (unpaired) electrons. The van der Waals surface area contributed by atoms with E-state index in [0.29, 0.717) is 22.6 Å². The Labute approximate surface area is 369 Å². The molecule has 2 fully saturated rings. The van der Waals surface area contributed by atoms with E-state index in [0.717, 1.165) is 0 Å². The van der Waals surface area contributed by atoms with E-state index in [1.165, 1.54) is 21.1 Å². The number of H-pyrrole nitrogens is 1. The highest BCUT2D eigenvalue weighted by molar-refractivity contribution is 9.09. The van der Waals surface area contributed by atoms with Gasteiger partial charge in [0.2, 0.25) is 18.1 Å². The fourth-order valence-corrected chi connectivity index (χ4v) is 7.21. The van der Waals surface area contributed by atoms with Gasteiger partial charge in [-0.1, -0.05) is 54.0 Å². The number of rotatable bonds is 11. The number of methoxy groups -OCH3 is 2. The first-order chi connectivity index (χ1) is 30.0. The number of aromatic nitrogens is 2. The number of esters is 1. The number of hydrogen-bond donors (Lipinski definition) is 5. The number of ether oxygens (including phenoxy) is 6. The molecule has 356 valence electrons. The van der Waals surface area contributed by atoms with E-state index < -0.39 is 97.1 Å². The van der Waals surface area contributed by atoms with E-state index in [9.17, 15) is 54.9 Å². The number of hydrogen-bond acceptors (Lipinski definition) is 13. The van der Waals surface area contributed by atoms with E-state index in [1.54, 1.807) is 48.5 Å². The van der Waals surface area contributed by atoms with Crippen LogP contribution in [0.3, 0.4) is 0 Å². The number of carbonyl (C=O) groups excluding carboxylic acids is 2. The van der Waals surface area contributed by atoms with Crippen molar-refractivity contribution in [2.24, 2.45) is 22.9 Å². The lowest BCUT2D eigenvalue weighted by Crippen LogP contribution is -2.58. The predicted molar refractivity (Wildman–Crippen MR) is 212 cm³/mol. The molecule has 11 unspecified atom stereocenters. The summed E-state index contributed by atoms with van der Waals surface area (Å²) in [6.07, 6.45) is -20.7. The highest BCUT2D eigenvalue weighted by Crippen LogP contribution is 2.38. The maximum atomic E-state index is 13.9. The van der Waals surface area contributed by atoms with Gasteiger partial charge < -0.3 is 43.7 Å². The van der Waals surface area contributed by atoms with Gasteiger partial charge in [-0.05, 0) is 53.6 Å². The Hall–Kier alpha value is -4.62. The number of nitrogens with one attached hydrogen (secondary N) is 2. The minimum absolute atomic E-state index is 0.0182. The molecule has 1 amide bonds. The maximum absolute atomic E-state index is 13.9. The smallest absolute Gasteiger partial charge is 0.433 e. The average Bonchev–Trinajstić information content (AvgIpc) is 3.84. The van der Waals surface area contributed by atoms with E-state index in [-0.39, 0.29) is 41.9 Å². The number of nitrogens with zero attached hydrogens (tertiary/aromatic N) is 2. The fourth-order valence-electron chi connectivity index (χ4n) is 6.45. The average molecular weight is 992 g/mol. The second kappa shape index (κ2) is 22.5. The molecule has 3 aliphatic heterocycles. The third kappa shape index (κ3) is 13.5. The van der Waals surface area contributed by atoms with Crippen LogP contribution in [0, 0.1) is 17.8 Å². The van der Waals surface area contributed by atoms with Gasteiger partial charge in [-0.15, -0.1) is 5.10 Å². The van der Waals surface area contributed by atoms with E-state index in [4.69, 9.17) is 33.5 Å². The Morgan fingerprint density at radius 2 is 1.42 bits per heavy atom. The van der Waals surface area contributed by atoms with Crippen molar-refractivity contribution >= 4 is 33.5 Å². The molecule has 3 aliphatic rings. The number of alkyl halides is 9. The van der Waals surface area contributed by atoms with Gasteiger partial charge in [-0.2, -0.15) is 31.4 Å². The molecule has 0 saturated carbocycles. The summed E-state index contributed by atoms with van der Waals surface area (Å²) < 4.78 is 136. The lowest BCUT2D eigenvalue weighted by atomic mass is 9.87. The minimum Gasteiger partial charge on any atom is -0.497 e. The number of halogens is 9. The van der Waals surface area contributed by atoms with E-state index in [1.807, 2.05) is 24.4 Å². The van der Waals surface area contributed by atoms with E-state index >= 15 is 0 Å². The van der Waals surface area contributed by atoms with Crippen LogP contribution >= 0.6 is 15.9 Å². The van der Waals surface area contributed by atoms with Crippen LogP contribution in [0.2, 0.25) is 0 Å². The largest absolute Gasteiger partial charge is 0.497 e. The maximum Gasteiger partial charge on any atom is 0.433 e. The summed E-state index contributed by atoms with van der Waals surface area (Å²) in [4.78, 5) is 22.0. The molecule has 5 N–H and O–H groups in total. The van der Waals surface area contributed by atoms with Crippen molar-refractivity contribution in [3.63, 3.8) is 0 Å². The van der Waals surface area contributed by atoms with Crippen molar-refractivity contribution in [3.05, 3.63) is 70.9 Å². The quantitative estimate of drug-likeness (QED) is 0.0937. The molecule has 2 aromatic carbocycles. The molecule has 3 aromatic rings. The second-order valence-corrected chi connectivity index (χ2v) is 15.6. The van der Waals surface area contributed by atoms with Gasteiger partial charge in [0.15, 0.2) is 11.9 Å². The molecule has 0 aliphatic carbocycles. The van der Waals surface area contributed by atoms with Crippen LogP contribution in [0.15, 0.2) is 53.6 Å². The Kier molecular flexibility index (Phi) is 18.3. The summed E-state index contributed by atoms with van der Waals surface area (Å²) in [6.45, 7) is 4.22. The van der Waals surface area contributed by atoms with Crippen LogP contribution in [-0.4, -0.2) is 125 Å². The summed E-state index contributed by atoms with van der Waals surface area (Å²) in [5.41, 5.74) is 0.350. The van der Waals surface area contributed by atoms with Crippen LogP contribution in [0.4, 0.5) is 35.1 Å². The number of aromatic amines is 1. The van der Waals surface area contributed by atoms with Gasteiger partial charge in [0.25, 0.3) is 0 Å². The molecule has 11 atom stereocenters. The second-order valence-electron chi connectivity index (χ2n) is 14.7. The molecule has 15 nitrogen and oxygen atoms in total. The topological polar surface area (TPSA) is 203 Å². The summed E-state index contributed by atoms with van der Waals surface area (Å²) in [5.74, 6) is -1.87. The molecular formula is C40H47BrF8N4O11. The van der Waals surface area contributed by atoms with Crippen molar-refractivity contribution < 1.29 is 88.5 Å². The first-order valence-electron chi connectivity index (χ1n) is 19.4. The Bertz CT molecular complexity index is 2010. The number of aliphatic hydroxyl groups is 3. The van der Waals surface area contributed by atoms with E-state index in [2.05, 4.69) is 26.1 Å². The van der Waals surface area contributed by atoms with Crippen molar-refractivity contribution in [3.8, 4) is 17.4 Å². The predicted octanol–water partition coefficient (Wildman–Crippen LogP) is 5.37. The van der Waals surface area contributed by atoms with Crippen LogP contribution in [0.5, 0.6) is 17.4 Å². The molecule has 6 rings (SSSR count). The number of benzene rings is 2. The number of aliphatic hydroxyl groups excluding tert-OH is 3. The third-order valence-electron chi connectivity index (χ3n) is 10.4. The standard InChI is InChI=1S/C18H20F4N2O6.C12H11F3N2O2.C10H16BrFO3/c1-28-9-4-2-8(3-5-9)6-10-15(18(20,21)22)23-24-16(10)30-17-14(27)13(26)12(19)11(7-25)29-17;1-19-8-4-2-7(3-5-8)6-9-10(12(13,14)15)16-17-11(9)18;1-5-6(2)10(11)15-8(9(5)12)4-14-7(3)13/h2-5,11-14,17,25-27H,6-7H2,1H3,(H,23,24);2-5,9H,6H2,1H3,(H,17,18);5-6,8-10H,4H2,1-3H3. The summed E-state index contributed by atoms with van der Waals surface area (Å²) >= 11 is 3.34. The van der Waals surface area contributed by atoms with Crippen LogP contribution in [-0.2, 0) is 42.8 Å². The zero-order valence-corrected chi connectivity index (χ0v) is 36.3. The highest BCUT2D eigenvalue weighted by Gasteiger charge is 2.48. The fraction of sp³-hybridized carbons (Fsp3) is 0.550. The van der Waals surface area contributed by atoms with Gasteiger partial charge >= 0.3 is 18.3 Å². The summed E-state index contributed by atoms with van der Waals surface area (Å²) in [7, 11) is 2.94. The van der Waals surface area contributed by atoms with Crippen LogP contribution in [0.1, 0.15) is 43.2 Å². The first-order valence-corrected chi connectivity index (χ1v) is 20.3. The van der Waals surface area contributed by atoms with Crippen molar-refractivity contribution in [2.45, 2.75) is 94.0 Å². The SMILES string of the molecule is CC(=O)OCC1OC(Br)C(C)C(C)C1F.COc1ccc(CC2C(=O)NN=C2C(F)(F)F)cc1.COc1ccc(Cc2c(OC3OC(CO)C(F)C(O)C3O)n[nH]c2C(F)(F)F)cc1. The zero-order chi connectivity index (χ0) is 47.7. The zero-order valence-electron chi connectivity index (χ0n) is 34.7. The molecule has 4 heterocycles.